The Kier molecular flexibility index (Phi) is 3.92. The Labute approximate surface area is 165 Å². The van der Waals surface area contributed by atoms with E-state index in [0.29, 0.717) is 38.6 Å². The first-order valence-corrected chi connectivity index (χ1v) is 9.15. The van der Waals surface area contributed by atoms with Crippen molar-refractivity contribution in [2.24, 2.45) is 0 Å². The summed E-state index contributed by atoms with van der Waals surface area (Å²) >= 11 is 6.46. The van der Waals surface area contributed by atoms with E-state index in [-0.39, 0.29) is 0 Å². The van der Waals surface area contributed by atoms with Gasteiger partial charge in [0.1, 0.15) is 11.0 Å². The number of anilines is 2. The molecule has 0 bridgehead atoms. The van der Waals surface area contributed by atoms with Gasteiger partial charge in [-0.25, -0.2) is 4.79 Å². The molecule has 136 valence electrons. The molecule has 3 aromatic carbocycles. The normalized spacial score (nSPS) is 11.2. The average Bonchev–Trinajstić information content (AvgIpc) is 3.09. The Bertz CT molecular complexity index is 1370. The first-order valence-electron chi connectivity index (χ1n) is 8.77. The standard InChI is InChI=1S/C23H14ClNO3/c24-17-12-6-4-10-15(17)19-20-21(16-11-5-7-13-18(16)27-23(20)26)28-22(19)25-14-8-2-1-3-9-14/h1-13,25H. The quantitative estimate of drug-likeness (QED) is 0.354. The molecular weight excluding hydrogens is 374 g/mol. The van der Waals surface area contributed by atoms with Gasteiger partial charge in [-0.3, -0.25) is 0 Å². The second kappa shape index (κ2) is 6.59. The topological polar surface area (TPSA) is 55.4 Å². The van der Waals surface area contributed by atoms with Gasteiger partial charge in [-0.15, -0.1) is 0 Å². The summed E-state index contributed by atoms with van der Waals surface area (Å²) in [6.07, 6.45) is 0. The van der Waals surface area contributed by atoms with Gasteiger partial charge in [-0.2, -0.15) is 0 Å². The molecule has 5 aromatic rings. The zero-order chi connectivity index (χ0) is 19.1. The molecule has 2 heterocycles. The van der Waals surface area contributed by atoms with Crippen LogP contribution in [0.15, 0.2) is 92.5 Å². The molecule has 0 atom stereocenters. The predicted octanol–water partition coefficient (Wildman–Crippen LogP) is 6.60. The maximum atomic E-state index is 12.9. The number of nitrogens with one attached hydrogen (secondary N) is 1. The summed E-state index contributed by atoms with van der Waals surface area (Å²) in [6, 6.07) is 24.3. The summed E-state index contributed by atoms with van der Waals surface area (Å²) in [6.45, 7) is 0. The van der Waals surface area contributed by atoms with Crippen LogP contribution in [0.2, 0.25) is 5.02 Å². The van der Waals surface area contributed by atoms with Gasteiger partial charge >= 0.3 is 5.63 Å². The minimum Gasteiger partial charge on any atom is -0.439 e. The van der Waals surface area contributed by atoms with E-state index in [1.54, 1.807) is 12.1 Å². The maximum Gasteiger partial charge on any atom is 0.348 e. The van der Waals surface area contributed by atoms with Crippen LogP contribution in [-0.2, 0) is 0 Å². The molecule has 0 aliphatic rings. The lowest BCUT2D eigenvalue weighted by Gasteiger charge is -2.07. The monoisotopic (exact) mass is 387 g/mol. The van der Waals surface area contributed by atoms with Crippen LogP contribution in [0.5, 0.6) is 0 Å². The summed E-state index contributed by atoms with van der Waals surface area (Å²) in [5.74, 6) is 0.443. The van der Waals surface area contributed by atoms with E-state index in [0.717, 1.165) is 11.1 Å². The Hall–Kier alpha value is -3.50. The van der Waals surface area contributed by atoms with Crippen LogP contribution in [0.4, 0.5) is 11.6 Å². The van der Waals surface area contributed by atoms with Crippen molar-refractivity contribution in [3.05, 3.63) is 94.3 Å². The van der Waals surface area contributed by atoms with Crippen molar-refractivity contribution in [1.82, 2.24) is 0 Å². The molecule has 0 saturated carbocycles. The maximum absolute atomic E-state index is 12.9. The Morgan fingerprint density at radius 2 is 1.50 bits per heavy atom. The lowest BCUT2D eigenvalue weighted by Crippen LogP contribution is -2.00. The SMILES string of the molecule is O=c1oc2ccccc2c2oc(Nc3ccccc3)c(-c3ccccc3Cl)c12. The highest BCUT2D eigenvalue weighted by molar-refractivity contribution is 6.34. The number of hydrogen-bond acceptors (Lipinski definition) is 4. The van der Waals surface area contributed by atoms with E-state index in [4.69, 9.17) is 20.4 Å². The number of fused-ring (bicyclic) bond motifs is 3. The van der Waals surface area contributed by atoms with Gasteiger partial charge in [-0.1, -0.05) is 60.1 Å². The molecule has 28 heavy (non-hydrogen) atoms. The minimum atomic E-state index is -0.464. The fourth-order valence-electron chi connectivity index (χ4n) is 3.37. The first-order chi connectivity index (χ1) is 13.7. The van der Waals surface area contributed by atoms with Gasteiger partial charge in [0.25, 0.3) is 0 Å². The van der Waals surface area contributed by atoms with Gasteiger partial charge in [0.2, 0.25) is 5.88 Å². The van der Waals surface area contributed by atoms with Crippen LogP contribution in [0.1, 0.15) is 0 Å². The number of hydrogen-bond donors (Lipinski definition) is 1. The Morgan fingerprint density at radius 1 is 0.786 bits per heavy atom. The van der Waals surface area contributed by atoms with Crippen molar-refractivity contribution in [2.45, 2.75) is 0 Å². The second-order valence-electron chi connectivity index (χ2n) is 6.37. The highest BCUT2D eigenvalue weighted by atomic mass is 35.5. The predicted molar refractivity (Wildman–Crippen MR) is 112 cm³/mol. The van der Waals surface area contributed by atoms with Crippen molar-refractivity contribution < 1.29 is 8.83 Å². The number of rotatable bonds is 3. The molecule has 0 aliphatic heterocycles. The molecule has 0 spiro atoms. The van der Waals surface area contributed by atoms with Gasteiger partial charge in [0.15, 0.2) is 5.58 Å². The molecule has 0 radical (unpaired) electrons. The van der Waals surface area contributed by atoms with E-state index in [1.807, 2.05) is 66.7 Å². The van der Waals surface area contributed by atoms with Crippen molar-refractivity contribution in [1.29, 1.82) is 0 Å². The molecule has 0 unspecified atom stereocenters. The zero-order valence-corrected chi connectivity index (χ0v) is 15.4. The van der Waals surface area contributed by atoms with Gasteiger partial charge in [0.05, 0.1) is 10.9 Å². The number of benzene rings is 3. The Morgan fingerprint density at radius 3 is 2.32 bits per heavy atom. The highest BCUT2D eigenvalue weighted by Crippen LogP contribution is 2.43. The summed E-state index contributed by atoms with van der Waals surface area (Å²) in [5, 5.41) is 4.89. The van der Waals surface area contributed by atoms with E-state index in [9.17, 15) is 4.79 Å². The molecular formula is C23H14ClNO3. The van der Waals surface area contributed by atoms with Crippen LogP contribution in [0.25, 0.3) is 33.1 Å². The summed E-state index contributed by atoms with van der Waals surface area (Å²) in [4.78, 5) is 12.9. The van der Waals surface area contributed by atoms with E-state index in [1.165, 1.54) is 0 Å². The lowest BCUT2D eigenvalue weighted by molar-refractivity contribution is 0.566. The lowest BCUT2D eigenvalue weighted by atomic mass is 10.0. The smallest absolute Gasteiger partial charge is 0.348 e. The molecule has 0 saturated heterocycles. The molecule has 0 fully saturated rings. The molecule has 0 amide bonds. The zero-order valence-electron chi connectivity index (χ0n) is 14.6. The number of furan rings is 1. The van der Waals surface area contributed by atoms with E-state index >= 15 is 0 Å². The fourth-order valence-corrected chi connectivity index (χ4v) is 3.60. The molecule has 0 aliphatic carbocycles. The fraction of sp³-hybridized carbons (Fsp3) is 0. The van der Waals surface area contributed by atoms with Crippen LogP contribution in [-0.4, -0.2) is 0 Å². The van der Waals surface area contributed by atoms with Crippen molar-refractivity contribution in [3.63, 3.8) is 0 Å². The first kappa shape index (κ1) is 16.7. The van der Waals surface area contributed by atoms with E-state index in [2.05, 4.69) is 5.32 Å². The van der Waals surface area contributed by atoms with Crippen LogP contribution in [0, 0.1) is 0 Å². The van der Waals surface area contributed by atoms with Crippen molar-refractivity contribution in [3.8, 4) is 11.1 Å². The molecule has 5 rings (SSSR count). The molecule has 2 aromatic heterocycles. The van der Waals surface area contributed by atoms with Gasteiger partial charge < -0.3 is 14.2 Å². The van der Waals surface area contributed by atoms with Crippen LogP contribution >= 0.6 is 11.6 Å². The van der Waals surface area contributed by atoms with Gasteiger partial charge in [0, 0.05) is 16.3 Å². The molecule has 5 heteroatoms. The summed E-state index contributed by atoms with van der Waals surface area (Å²) < 4.78 is 11.7. The minimum absolute atomic E-state index is 0.366. The largest absolute Gasteiger partial charge is 0.439 e. The highest BCUT2D eigenvalue weighted by Gasteiger charge is 2.23. The third-order valence-corrected chi connectivity index (χ3v) is 4.95. The Balaban J connectivity index is 1.88. The summed E-state index contributed by atoms with van der Waals surface area (Å²) in [5.41, 5.74) is 2.61. The number of para-hydroxylation sites is 2. The van der Waals surface area contributed by atoms with E-state index < -0.39 is 5.63 Å². The van der Waals surface area contributed by atoms with Crippen molar-refractivity contribution in [2.75, 3.05) is 5.32 Å². The second-order valence-corrected chi connectivity index (χ2v) is 6.77. The average molecular weight is 388 g/mol. The van der Waals surface area contributed by atoms with Crippen LogP contribution in [0.3, 0.4) is 0 Å². The third-order valence-electron chi connectivity index (χ3n) is 4.62. The van der Waals surface area contributed by atoms with Crippen molar-refractivity contribution >= 4 is 45.1 Å². The van der Waals surface area contributed by atoms with Crippen LogP contribution < -0.4 is 10.9 Å². The molecule has 1 N–H and O–H groups in total. The summed E-state index contributed by atoms with van der Waals surface area (Å²) in [7, 11) is 0. The third kappa shape index (κ3) is 2.66. The van der Waals surface area contributed by atoms with Gasteiger partial charge in [-0.05, 0) is 30.3 Å². The molecule has 4 nitrogen and oxygen atoms in total. The number of halogens is 1.